The Morgan fingerprint density at radius 3 is 1.97 bits per heavy atom. The second-order valence-electron chi connectivity index (χ2n) is 7.75. The van der Waals surface area contributed by atoms with Gasteiger partial charge in [0.2, 0.25) is 11.8 Å². The van der Waals surface area contributed by atoms with Gasteiger partial charge < -0.3 is 20.9 Å². The predicted molar refractivity (Wildman–Crippen MR) is 126 cm³/mol. The number of hydrogen-bond donors (Lipinski definition) is 3. The molecule has 1 heterocycles. The first kappa shape index (κ1) is 21.1. The maximum Gasteiger partial charge on any atom is 0.323 e. The Morgan fingerprint density at radius 2 is 1.34 bits per heavy atom. The summed E-state index contributed by atoms with van der Waals surface area (Å²) in [6.45, 7) is 2.34. The molecule has 162 valence electrons. The van der Waals surface area contributed by atoms with Crippen molar-refractivity contribution in [1.82, 2.24) is 0 Å². The molecule has 3 aromatic rings. The zero-order chi connectivity index (χ0) is 22.5. The molecule has 7 heteroatoms. The number of anilines is 4. The van der Waals surface area contributed by atoms with E-state index in [2.05, 4.69) is 16.0 Å². The van der Waals surface area contributed by atoms with E-state index >= 15 is 0 Å². The molecule has 1 unspecified atom stereocenters. The second kappa shape index (κ2) is 9.34. The molecule has 1 atom stereocenters. The second-order valence-corrected chi connectivity index (χ2v) is 7.75. The largest absolute Gasteiger partial charge is 0.326 e. The molecule has 0 spiro atoms. The Hall–Kier alpha value is -4.13. The van der Waals surface area contributed by atoms with E-state index in [1.54, 1.807) is 41.3 Å². The van der Waals surface area contributed by atoms with Gasteiger partial charge in [-0.25, -0.2) is 4.79 Å². The third kappa shape index (κ3) is 5.13. The molecule has 0 aliphatic carbocycles. The first-order chi connectivity index (χ1) is 15.5. The SMILES string of the molecule is Cc1ccc(N2CC(C(=O)Nc3ccc(NC(=O)Nc4ccccc4)cc3)CC2=O)cc1. The van der Waals surface area contributed by atoms with Crippen LogP contribution >= 0.6 is 0 Å². The summed E-state index contributed by atoms with van der Waals surface area (Å²) < 4.78 is 0. The van der Waals surface area contributed by atoms with Crippen LogP contribution in [-0.2, 0) is 9.59 Å². The lowest BCUT2D eigenvalue weighted by atomic mass is 10.1. The van der Waals surface area contributed by atoms with E-state index in [-0.39, 0.29) is 24.3 Å². The third-order valence-electron chi connectivity index (χ3n) is 5.28. The molecule has 32 heavy (non-hydrogen) atoms. The van der Waals surface area contributed by atoms with Crippen LogP contribution in [0.3, 0.4) is 0 Å². The van der Waals surface area contributed by atoms with Crippen LogP contribution in [0.2, 0.25) is 0 Å². The molecule has 7 nitrogen and oxygen atoms in total. The molecule has 4 amide bonds. The van der Waals surface area contributed by atoms with Gasteiger partial charge >= 0.3 is 6.03 Å². The number of urea groups is 1. The molecule has 0 aromatic heterocycles. The highest BCUT2D eigenvalue weighted by Crippen LogP contribution is 2.26. The summed E-state index contributed by atoms with van der Waals surface area (Å²) in [5, 5.41) is 8.35. The number of nitrogens with one attached hydrogen (secondary N) is 3. The van der Waals surface area contributed by atoms with Gasteiger partial charge in [0.05, 0.1) is 5.92 Å². The van der Waals surface area contributed by atoms with Crippen LogP contribution in [-0.4, -0.2) is 24.4 Å². The van der Waals surface area contributed by atoms with E-state index in [0.29, 0.717) is 23.6 Å². The molecule has 1 saturated heterocycles. The van der Waals surface area contributed by atoms with Gasteiger partial charge in [0, 0.05) is 35.7 Å². The average Bonchev–Trinajstić information content (AvgIpc) is 3.18. The highest BCUT2D eigenvalue weighted by atomic mass is 16.2. The molecule has 3 N–H and O–H groups in total. The van der Waals surface area contributed by atoms with Crippen molar-refractivity contribution in [2.24, 2.45) is 5.92 Å². The van der Waals surface area contributed by atoms with Crippen molar-refractivity contribution in [3.05, 3.63) is 84.4 Å². The standard InChI is InChI=1S/C25H24N4O3/c1-17-7-13-22(14-8-17)29-16-18(15-23(29)30)24(31)26-20-9-11-21(12-10-20)28-25(32)27-19-5-3-2-4-6-19/h2-14,18H,15-16H2,1H3,(H,26,31)(H2,27,28,32). The summed E-state index contributed by atoms with van der Waals surface area (Å²) in [7, 11) is 0. The number of para-hydroxylation sites is 1. The molecule has 0 bridgehead atoms. The van der Waals surface area contributed by atoms with Gasteiger partial charge in [-0.1, -0.05) is 35.9 Å². The lowest BCUT2D eigenvalue weighted by Crippen LogP contribution is -2.28. The van der Waals surface area contributed by atoms with Crippen molar-refractivity contribution in [2.45, 2.75) is 13.3 Å². The number of hydrogen-bond acceptors (Lipinski definition) is 3. The molecule has 1 aliphatic heterocycles. The van der Waals surface area contributed by atoms with Crippen molar-refractivity contribution >= 4 is 40.6 Å². The number of carbonyl (C=O) groups excluding carboxylic acids is 3. The van der Waals surface area contributed by atoms with Gasteiger partial charge in [0.15, 0.2) is 0 Å². The monoisotopic (exact) mass is 428 g/mol. The lowest BCUT2D eigenvalue weighted by Gasteiger charge is -2.17. The van der Waals surface area contributed by atoms with E-state index in [1.165, 1.54) is 0 Å². The molecule has 3 aromatic carbocycles. The minimum absolute atomic E-state index is 0.0574. The summed E-state index contributed by atoms with van der Waals surface area (Å²) in [6.07, 6.45) is 0.180. The molecule has 1 aliphatic rings. The predicted octanol–water partition coefficient (Wildman–Crippen LogP) is 4.63. The maximum absolute atomic E-state index is 12.7. The van der Waals surface area contributed by atoms with Crippen molar-refractivity contribution in [3.63, 3.8) is 0 Å². The molecule has 1 fully saturated rings. The van der Waals surface area contributed by atoms with Gasteiger partial charge in [-0.3, -0.25) is 9.59 Å². The summed E-state index contributed by atoms with van der Waals surface area (Å²) in [5.74, 6) is -0.674. The van der Waals surface area contributed by atoms with Crippen LogP contribution in [0.15, 0.2) is 78.9 Å². The average molecular weight is 428 g/mol. The fraction of sp³-hybridized carbons (Fsp3) is 0.160. The summed E-state index contributed by atoms with van der Waals surface area (Å²) in [6, 6.07) is 23.3. The molecule has 4 rings (SSSR count). The highest BCUT2D eigenvalue weighted by Gasteiger charge is 2.35. The van der Waals surface area contributed by atoms with Gasteiger partial charge in [0.25, 0.3) is 0 Å². The Kier molecular flexibility index (Phi) is 6.17. The van der Waals surface area contributed by atoms with Gasteiger partial charge in [0.1, 0.15) is 0 Å². The van der Waals surface area contributed by atoms with E-state index in [0.717, 1.165) is 11.3 Å². The molecular weight excluding hydrogens is 404 g/mol. The van der Waals surface area contributed by atoms with Crippen LogP contribution in [0.1, 0.15) is 12.0 Å². The van der Waals surface area contributed by atoms with Crippen LogP contribution in [0.25, 0.3) is 0 Å². The normalized spacial score (nSPS) is 15.3. The third-order valence-corrected chi connectivity index (χ3v) is 5.28. The Labute approximate surface area is 186 Å². The number of rotatable bonds is 5. The number of benzene rings is 3. The Morgan fingerprint density at radius 1 is 0.781 bits per heavy atom. The van der Waals surface area contributed by atoms with Crippen molar-refractivity contribution in [3.8, 4) is 0 Å². The fourth-order valence-electron chi connectivity index (χ4n) is 3.55. The lowest BCUT2D eigenvalue weighted by molar-refractivity contribution is -0.122. The van der Waals surface area contributed by atoms with Crippen LogP contribution in [0, 0.1) is 12.8 Å². The van der Waals surface area contributed by atoms with Crippen LogP contribution < -0.4 is 20.9 Å². The van der Waals surface area contributed by atoms with Crippen molar-refractivity contribution < 1.29 is 14.4 Å². The maximum atomic E-state index is 12.7. The molecular formula is C25H24N4O3. The zero-order valence-corrected chi connectivity index (χ0v) is 17.7. The van der Waals surface area contributed by atoms with E-state index in [1.807, 2.05) is 49.4 Å². The van der Waals surface area contributed by atoms with Crippen molar-refractivity contribution in [2.75, 3.05) is 27.4 Å². The molecule has 0 radical (unpaired) electrons. The smallest absolute Gasteiger partial charge is 0.323 e. The van der Waals surface area contributed by atoms with Crippen LogP contribution in [0.5, 0.6) is 0 Å². The summed E-state index contributed by atoms with van der Waals surface area (Å²) in [4.78, 5) is 38.8. The van der Waals surface area contributed by atoms with Gasteiger partial charge in [-0.2, -0.15) is 0 Å². The summed E-state index contributed by atoms with van der Waals surface area (Å²) in [5.41, 5.74) is 3.81. The summed E-state index contributed by atoms with van der Waals surface area (Å²) >= 11 is 0. The zero-order valence-electron chi connectivity index (χ0n) is 17.7. The highest BCUT2D eigenvalue weighted by molar-refractivity contribution is 6.04. The number of nitrogens with zero attached hydrogens (tertiary/aromatic N) is 1. The topological polar surface area (TPSA) is 90.5 Å². The number of amides is 4. The minimum Gasteiger partial charge on any atom is -0.326 e. The Balaban J connectivity index is 1.31. The number of aryl methyl sites for hydroxylation is 1. The van der Waals surface area contributed by atoms with Gasteiger partial charge in [-0.15, -0.1) is 0 Å². The van der Waals surface area contributed by atoms with E-state index in [9.17, 15) is 14.4 Å². The fourth-order valence-corrected chi connectivity index (χ4v) is 3.55. The van der Waals surface area contributed by atoms with E-state index in [4.69, 9.17) is 0 Å². The first-order valence-electron chi connectivity index (χ1n) is 10.4. The Bertz CT molecular complexity index is 1110. The number of carbonyl (C=O) groups is 3. The molecule has 0 saturated carbocycles. The van der Waals surface area contributed by atoms with Crippen molar-refractivity contribution in [1.29, 1.82) is 0 Å². The van der Waals surface area contributed by atoms with Crippen LogP contribution in [0.4, 0.5) is 27.5 Å². The first-order valence-corrected chi connectivity index (χ1v) is 10.4. The van der Waals surface area contributed by atoms with E-state index < -0.39 is 5.92 Å². The quantitative estimate of drug-likeness (QED) is 0.553. The van der Waals surface area contributed by atoms with Gasteiger partial charge in [-0.05, 0) is 55.5 Å². The minimum atomic E-state index is -0.418.